The molecule has 2 atom stereocenters. The molecule has 2 rings (SSSR count). The number of carbonyl (C=O) groups is 1. The Hall–Kier alpha value is -1.44. The van der Waals surface area contributed by atoms with Crippen molar-refractivity contribution in [2.24, 2.45) is 5.73 Å². The number of nitrogens with two attached hydrogens (primary N) is 1. The summed E-state index contributed by atoms with van der Waals surface area (Å²) >= 11 is 0. The van der Waals surface area contributed by atoms with Crippen molar-refractivity contribution in [1.29, 1.82) is 0 Å². The summed E-state index contributed by atoms with van der Waals surface area (Å²) in [7, 11) is -3.67. The number of rotatable bonds is 5. The summed E-state index contributed by atoms with van der Waals surface area (Å²) in [5, 5.41) is 2.81. The molecule has 4 N–H and O–H groups in total. The van der Waals surface area contributed by atoms with Crippen molar-refractivity contribution in [3.8, 4) is 0 Å². The van der Waals surface area contributed by atoms with E-state index in [0.29, 0.717) is 0 Å². The van der Waals surface area contributed by atoms with E-state index in [0.717, 1.165) is 31.2 Å². The number of carbonyl (C=O) groups excluding carboxylic acids is 1. The van der Waals surface area contributed by atoms with Gasteiger partial charge in [0.1, 0.15) is 0 Å². The van der Waals surface area contributed by atoms with Crippen LogP contribution in [0.4, 0.5) is 0 Å². The maximum absolute atomic E-state index is 12.1. The summed E-state index contributed by atoms with van der Waals surface area (Å²) < 4.78 is 26.5. The van der Waals surface area contributed by atoms with E-state index in [1.165, 1.54) is 12.1 Å². The van der Waals surface area contributed by atoms with Gasteiger partial charge in [-0.3, -0.25) is 4.79 Å². The first-order chi connectivity index (χ1) is 10.4. The zero-order valence-electron chi connectivity index (χ0n) is 12.7. The second-order valence-corrected chi connectivity index (χ2v) is 7.53. The highest BCUT2D eigenvalue weighted by atomic mass is 32.2. The number of hydrogen-bond acceptors (Lipinski definition) is 4. The summed E-state index contributed by atoms with van der Waals surface area (Å²) in [4.78, 5) is 12.0. The molecule has 0 bridgehead atoms. The molecule has 0 saturated heterocycles. The van der Waals surface area contributed by atoms with Crippen LogP contribution in [-0.2, 0) is 14.8 Å². The molecular formula is C15H23N3O3S. The van der Waals surface area contributed by atoms with E-state index in [1.807, 2.05) is 6.92 Å². The molecule has 0 heterocycles. The molecule has 1 aliphatic rings. The fourth-order valence-corrected chi connectivity index (χ4v) is 3.54. The molecule has 22 heavy (non-hydrogen) atoms. The zero-order chi connectivity index (χ0) is 16.2. The quantitative estimate of drug-likeness (QED) is 0.740. The van der Waals surface area contributed by atoms with Crippen molar-refractivity contribution in [1.82, 2.24) is 10.0 Å². The minimum atomic E-state index is -3.67. The van der Waals surface area contributed by atoms with E-state index in [2.05, 4.69) is 10.0 Å². The van der Waals surface area contributed by atoms with Gasteiger partial charge in [-0.2, -0.15) is 0 Å². The van der Waals surface area contributed by atoms with Crippen LogP contribution in [0, 0.1) is 6.92 Å². The zero-order valence-corrected chi connectivity index (χ0v) is 13.5. The highest BCUT2D eigenvalue weighted by Gasteiger charge is 2.24. The molecule has 0 aromatic heterocycles. The van der Waals surface area contributed by atoms with Crippen LogP contribution in [0.1, 0.15) is 31.2 Å². The van der Waals surface area contributed by atoms with Gasteiger partial charge in [0.25, 0.3) is 0 Å². The average Bonchev–Trinajstić information content (AvgIpc) is 2.48. The van der Waals surface area contributed by atoms with Crippen LogP contribution in [-0.4, -0.2) is 33.0 Å². The van der Waals surface area contributed by atoms with Crippen LogP contribution in [0.5, 0.6) is 0 Å². The predicted octanol–water partition coefficient (Wildman–Crippen LogP) is 0.659. The fourth-order valence-electron chi connectivity index (χ4n) is 2.56. The van der Waals surface area contributed by atoms with Gasteiger partial charge in [0.05, 0.1) is 11.4 Å². The van der Waals surface area contributed by atoms with Gasteiger partial charge >= 0.3 is 0 Å². The Labute approximate surface area is 131 Å². The number of aryl methyl sites for hydroxylation is 1. The van der Waals surface area contributed by atoms with Crippen LogP contribution in [0.25, 0.3) is 0 Å². The largest absolute Gasteiger partial charge is 0.351 e. The van der Waals surface area contributed by atoms with Gasteiger partial charge in [0.15, 0.2) is 0 Å². The van der Waals surface area contributed by atoms with Crippen LogP contribution >= 0.6 is 0 Å². The summed E-state index contributed by atoms with van der Waals surface area (Å²) in [6, 6.07) is 6.36. The van der Waals surface area contributed by atoms with Gasteiger partial charge < -0.3 is 11.1 Å². The molecule has 0 aliphatic heterocycles. The molecule has 0 spiro atoms. The molecule has 1 aromatic carbocycles. The molecule has 1 amide bonds. The van der Waals surface area contributed by atoms with Crippen molar-refractivity contribution >= 4 is 15.9 Å². The first kappa shape index (κ1) is 16.9. The number of benzene rings is 1. The third-order valence-corrected chi connectivity index (χ3v) is 5.34. The minimum Gasteiger partial charge on any atom is -0.351 e. The van der Waals surface area contributed by atoms with Crippen molar-refractivity contribution in [3.63, 3.8) is 0 Å². The van der Waals surface area contributed by atoms with Gasteiger partial charge in [-0.25, -0.2) is 13.1 Å². The van der Waals surface area contributed by atoms with E-state index >= 15 is 0 Å². The third-order valence-electron chi connectivity index (χ3n) is 3.92. The van der Waals surface area contributed by atoms with Gasteiger partial charge in [0, 0.05) is 12.1 Å². The Bertz CT molecular complexity index is 613. The standard InChI is InChI=1S/C15H23N3O3S/c1-11-6-8-12(9-7-11)22(20,21)17-10-15(19)18-14-5-3-2-4-13(14)16/h6-9,13-14,17H,2-5,10,16H2,1H3,(H,18,19)/t13-,14-/m1/s1. The lowest BCUT2D eigenvalue weighted by Crippen LogP contribution is -2.51. The molecule has 1 aromatic rings. The monoisotopic (exact) mass is 325 g/mol. The molecule has 0 radical (unpaired) electrons. The summed E-state index contributed by atoms with van der Waals surface area (Å²) in [6.45, 7) is 1.60. The highest BCUT2D eigenvalue weighted by molar-refractivity contribution is 7.89. The predicted molar refractivity (Wildman–Crippen MR) is 84.7 cm³/mol. The van der Waals surface area contributed by atoms with E-state index in [4.69, 9.17) is 5.73 Å². The minimum absolute atomic E-state index is 0.0496. The van der Waals surface area contributed by atoms with Gasteiger partial charge in [-0.1, -0.05) is 30.5 Å². The van der Waals surface area contributed by atoms with E-state index < -0.39 is 10.0 Å². The fraction of sp³-hybridized carbons (Fsp3) is 0.533. The topological polar surface area (TPSA) is 101 Å². The lowest BCUT2D eigenvalue weighted by atomic mass is 9.91. The molecule has 1 fully saturated rings. The van der Waals surface area contributed by atoms with Gasteiger partial charge in [0.2, 0.25) is 15.9 Å². The average molecular weight is 325 g/mol. The van der Waals surface area contributed by atoms with E-state index in [-0.39, 0.29) is 29.4 Å². The molecule has 1 aliphatic carbocycles. The molecule has 122 valence electrons. The second kappa shape index (κ2) is 7.21. The Morgan fingerprint density at radius 3 is 2.50 bits per heavy atom. The lowest BCUT2D eigenvalue weighted by Gasteiger charge is -2.29. The van der Waals surface area contributed by atoms with Gasteiger partial charge in [-0.15, -0.1) is 0 Å². The maximum atomic E-state index is 12.1. The summed E-state index contributed by atoms with van der Waals surface area (Å²) in [5.41, 5.74) is 6.94. The van der Waals surface area contributed by atoms with E-state index in [9.17, 15) is 13.2 Å². The Balaban J connectivity index is 1.88. The van der Waals surface area contributed by atoms with E-state index in [1.54, 1.807) is 12.1 Å². The smallest absolute Gasteiger partial charge is 0.241 e. The number of hydrogen-bond donors (Lipinski definition) is 3. The van der Waals surface area contributed by atoms with Crippen molar-refractivity contribution < 1.29 is 13.2 Å². The number of amides is 1. The van der Waals surface area contributed by atoms with Crippen molar-refractivity contribution in [3.05, 3.63) is 29.8 Å². The Morgan fingerprint density at radius 1 is 1.23 bits per heavy atom. The SMILES string of the molecule is Cc1ccc(S(=O)(=O)NCC(=O)N[C@@H]2CCCC[C@H]2N)cc1. The molecule has 0 unspecified atom stereocenters. The number of sulfonamides is 1. The summed E-state index contributed by atoms with van der Waals surface area (Å²) in [6.07, 6.45) is 3.85. The van der Waals surface area contributed by atoms with Crippen LogP contribution in [0.15, 0.2) is 29.2 Å². The number of nitrogens with one attached hydrogen (secondary N) is 2. The first-order valence-corrected chi connectivity index (χ1v) is 8.98. The van der Waals surface area contributed by atoms with Crippen LogP contribution < -0.4 is 15.8 Å². The van der Waals surface area contributed by atoms with Crippen LogP contribution in [0.3, 0.4) is 0 Å². The van der Waals surface area contributed by atoms with Gasteiger partial charge in [-0.05, 0) is 31.9 Å². The third kappa shape index (κ3) is 4.53. The second-order valence-electron chi connectivity index (χ2n) is 5.76. The molecule has 1 saturated carbocycles. The van der Waals surface area contributed by atoms with Crippen molar-refractivity contribution in [2.75, 3.05) is 6.54 Å². The van der Waals surface area contributed by atoms with Crippen molar-refractivity contribution in [2.45, 2.75) is 49.6 Å². The molecule has 6 nitrogen and oxygen atoms in total. The lowest BCUT2D eigenvalue weighted by molar-refractivity contribution is -0.121. The summed E-state index contributed by atoms with van der Waals surface area (Å²) in [5.74, 6) is -0.349. The Morgan fingerprint density at radius 2 is 1.86 bits per heavy atom. The highest BCUT2D eigenvalue weighted by Crippen LogP contribution is 2.16. The first-order valence-electron chi connectivity index (χ1n) is 7.50. The molecular weight excluding hydrogens is 302 g/mol. The van der Waals surface area contributed by atoms with Crippen LogP contribution in [0.2, 0.25) is 0 Å². The normalized spacial score (nSPS) is 22.3. The maximum Gasteiger partial charge on any atom is 0.241 e. The molecule has 7 heteroatoms. The Kier molecular flexibility index (Phi) is 5.55.